The van der Waals surface area contributed by atoms with Crippen LogP contribution in [0, 0.1) is 17.2 Å². The molecule has 3 nitrogen and oxygen atoms in total. The van der Waals surface area contributed by atoms with Crippen molar-refractivity contribution in [3.8, 4) is 6.07 Å². The van der Waals surface area contributed by atoms with Crippen LogP contribution in [0.1, 0.15) is 19.9 Å². The van der Waals surface area contributed by atoms with Gasteiger partial charge in [0, 0.05) is 16.7 Å². The van der Waals surface area contributed by atoms with Gasteiger partial charge in [0.1, 0.15) is 12.3 Å². The Hall–Kier alpha value is -1.95. The molecule has 0 aliphatic heterocycles. The molecular formula is C13H14N3+. The van der Waals surface area contributed by atoms with Crippen molar-refractivity contribution in [1.82, 2.24) is 5.10 Å². The Morgan fingerprint density at radius 1 is 1.25 bits per heavy atom. The molecule has 0 N–H and O–H groups in total. The van der Waals surface area contributed by atoms with E-state index in [0.717, 1.165) is 10.8 Å². The third-order valence-electron chi connectivity index (χ3n) is 2.65. The molecule has 1 atom stereocenters. The van der Waals surface area contributed by atoms with Crippen LogP contribution in [-0.4, -0.2) is 5.10 Å². The minimum atomic E-state index is -0.204. The maximum absolute atomic E-state index is 9.11. The van der Waals surface area contributed by atoms with E-state index in [9.17, 15) is 0 Å². The quantitative estimate of drug-likeness (QED) is 0.716. The van der Waals surface area contributed by atoms with Gasteiger partial charge in [0.25, 0.3) is 6.04 Å². The Morgan fingerprint density at radius 3 is 2.56 bits per heavy atom. The van der Waals surface area contributed by atoms with Crippen molar-refractivity contribution in [1.29, 1.82) is 5.26 Å². The molecule has 80 valence electrons. The number of rotatable bonds is 2. The topological polar surface area (TPSA) is 40.6 Å². The smallest absolute Gasteiger partial charge is 0.191 e. The van der Waals surface area contributed by atoms with Crippen molar-refractivity contribution in [3.05, 3.63) is 36.7 Å². The number of hydrogen-bond acceptors (Lipinski definition) is 2. The zero-order valence-electron chi connectivity index (χ0n) is 9.46. The molecule has 0 aliphatic rings. The summed E-state index contributed by atoms with van der Waals surface area (Å²) in [6.07, 6.45) is 3.74. The van der Waals surface area contributed by atoms with Gasteiger partial charge in [-0.3, -0.25) is 0 Å². The Morgan fingerprint density at radius 2 is 1.94 bits per heavy atom. The lowest BCUT2D eigenvalue weighted by molar-refractivity contribution is -0.769. The van der Waals surface area contributed by atoms with Crippen molar-refractivity contribution < 1.29 is 4.68 Å². The van der Waals surface area contributed by atoms with Gasteiger partial charge < -0.3 is 0 Å². The molecule has 2 aromatic rings. The molecule has 0 fully saturated rings. The van der Waals surface area contributed by atoms with Crippen LogP contribution in [0.25, 0.3) is 10.8 Å². The molecule has 2 rings (SSSR count). The minimum Gasteiger partial charge on any atom is -0.191 e. The average Bonchev–Trinajstić information content (AvgIpc) is 2.29. The average molecular weight is 212 g/mol. The first-order valence-corrected chi connectivity index (χ1v) is 5.38. The molecule has 0 saturated carbocycles. The molecule has 0 amide bonds. The van der Waals surface area contributed by atoms with Gasteiger partial charge in [-0.1, -0.05) is 36.7 Å². The van der Waals surface area contributed by atoms with Crippen molar-refractivity contribution in [2.75, 3.05) is 0 Å². The molecule has 1 heterocycles. The summed E-state index contributed by atoms with van der Waals surface area (Å²) in [4.78, 5) is 0. The first-order chi connectivity index (χ1) is 7.72. The second-order valence-corrected chi connectivity index (χ2v) is 4.20. The lowest BCUT2D eigenvalue weighted by atomic mass is 10.1. The summed E-state index contributed by atoms with van der Waals surface area (Å²) in [5.41, 5.74) is 0. The predicted molar refractivity (Wildman–Crippen MR) is 61.4 cm³/mol. The minimum absolute atomic E-state index is 0.204. The summed E-state index contributed by atoms with van der Waals surface area (Å²) >= 11 is 0. The van der Waals surface area contributed by atoms with Crippen LogP contribution in [0.5, 0.6) is 0 Å². The fourth-order valence-electron chi connectivity index (χ4n) is 1.72. The fourth-order valence-corrected chi connectivity index (χ4v) is 1.72. The summed E-state index contributed by atoms with van der Waals surface area (Å²) in [5.74, 6) is 0.253. The molecule has 0 spiro atoms. The highest BCUT2D eigenvalue weighted by molar-refractivity contribution is 5.79. The van der Waals surface area contributed by atoms with Gasteiger partial charge in [-0.15, -0.1) is 0 Å². The van der Waals surface area contributed by atoms with Crippen molar-refractivity contribution >= 4 is 10.8 Å². The fraction of sp³-hybridized carbons (Fsp3) is 0.308. The Balaban J connectivity index is 2.51. The predicted octanol–water partition coefficient (Wildman–Crippen LogP) is 2.24. The van der Waals surface area contributed by atoms with E-state index in [-0.39, 0.29) is 12.0 Å². The van der Waals surface area contributed by atoms with Crippen LogP contribution in [0.3, 0.4) is 0 Å². The van der Waals surface area contributed by atoms with Crippen LogP contribution in [0.2, 0.25) is 0 Å². The number of benzene rings is 1. The van der Waals surface area contributed by atoms with E-state index in [2.05, 4.69) is 11.2 Å². The maximum atomic E-state index is 9.11. The van der Waals surface area contributed by atoms with Gasteiger partial charge in [0.05, 0.1) is 0 Å². The number of aromatic nitrogens is 2. The van der Waals surface area contributed by atoms with Crippen molar-refractivity contribution in [3.63, 3.8) is 0 Å². The van der Waals surface area contributed by atoms with E-state index in [4.69, 9.17) is 5.26 Å². The van der Waals surface area contributed by atoms with E-state index in [1.54, 1.807) is 4.68 Å². The van der Waals surface area contributed by atoms with Gasteiger partial charge in [-0.05, 0) is 11.2 Å². The highest BCUT2D eigenvalue weighted by atomic mass is 15.3. The van der Waals surface area contributed by atoms with E-state index >= 15 is 0 Å². The molecule has 16 heavy (non-hydrogen) atoms. The third kappa shape index (κ3) is 1.87. The summed E-state index contributed by atoms with van der Waals surface area (Å²) < 4.78 is 1.74. The summed E-state index contributed by atoms with van der Waals surface area (Å²) in [6.45, 7) is 4.05. The van der Waals surface area contributed by atoms with Crippen molar-refractivity contribution in [2.24, 2.45) is 5.92 Å². The van der Waals surface area contributed by atoms with Gasteiger partial charge >= 0.3 is 0 Å². The highest BCUT2D eigenvalue weighted by Crippen LogP contribution is 2.12. The molecule has 3 heteroatoms. The number of nitriles is 1. The molecule has 0 aliphatic carbocycles. The molecule has 1 aromatic carbocycles. The zero-order valence-corrected chi connectivity index (χ0v) is 9.46. The monoisotopic (exact) mass is 212 g/mol. The molecule has 1 aromatic heterocycles. The van der Waals surface area contributed by atoms with Crippen LogP contribution < -0.4 is 4.68 Å². The second kappa shape index (κ2) is 4.28. The SMILES string of the molecule is CC(C)C(C#N)[n+]1cc2ccccc2cn1. The second-order valence-electron chi connectivity index (χ2n) is 4.20. The number of hydrogen-bond donors (Lipinski definition) is 0. The normalized spacial score (nSPS) is 12.6. The largest absolute Gasteiger partial charge is 0.271 e. The molecule has 0 radical (unpaired) electrons. The molecule has 1 unspecified atom stereocenters. The molecule has 0 bridgehead atoms. The first kappa shape index (κ1) is 10.6. The Labute approximate surface area is 94.9 Å². The summed E-state index contributed by atoms with van der Waals surface area (Å²) in [5, 5.41) is 15.6. The number of fused-ring (bicyclic) bond motifs is 1. The van der Waals surface area contributed by atoms with E-state index in [1.165, 1.54) is 0 Å². The van der Waals surface area contributed by atoms with E-state index < -0.39 is 0 Å². The van der Waals surface area contributed by atoms with Gasteiger partial charge in [-0.2, -0.15) is 5.26 Å². The summed E-state index contributed by atoms with van der Waals surface area (Å²) in [7, 11) is 0. The molecule has 0 saturated heterocycles. The highest BCUT2D eigenvalue weighted by Gasteiger charge is 2.23. The third-order valence-corrected chi connectivity index (χ3v) is 2.65. The zero-order chi connectivity index (χ0) is 11.5. The van der Waals surface area contributed by atoms with Gasteiger partial charge in [-0.25, -0.2) is 0 Å². The van der Waals surface area contributed by atoms with Crippen LogP contribution in [0.15, 0.2) is 36.7 Å². The Bertz CT molecular complexity index is 540. The molecular weight excluding hydrogens is 198 g/mol. The van der Waals surface area contributed by atoms with Crippen molar-refractivity contribution in [2.45, 2.75) is 19.9 Å². The van der Waals surface area contributed by atoms with Crippen LogP contribution in [0.4, 0.5) is 0 Å². The lowest BCUT2D eigenvalue weighted by Gasteiger charge is -2.05. The maximum Gasteiger partial charge on any atom is 0.271 e. The lowest BCUT2D eigenvalue weighted by Crippen LogP contribution is -2.44. The van der Waals surface area contributed by atoms with E-state index in [1.807, 2.05) is 50.5 Å². The van der Waals surface area contributed by atoms with Crippen LogP contribution in [-0.2, 0) is 0 Å². The van der Waals surface area contributed by atoms with Crippen LogP contribution >= 0.6 is 0 Å². The van der Waals surface area contributed by atoms with Gasteiger partial charge in [0.2, 0.25) is 6.20 Å². The number of nitrogens with zero attached hydrogens (tertiary/aromatic N) is 3. The first-order valence-electron chi connectivity index (χ1n) is 5.38. The van der Waals surface area contributed by atoms with Gasteiger partial charge in [0.15, 0.2) is 0 Å². The van der Waals surface area contributed by atoms with E-state index in [0.29, 0.717) is 0 Å². The standard InChI is InChI=1S/C13H14N3/c1-10(2)13(7-14)16-9-12-6-4-3-5-11(12)8-15-16/h3-6,8-10,13H,1-2H3/q+1. The Kier molecular flexibility index (Phi) is 2.82. The summed E-state index contributed by atoms with van der Waals surface area (Å²) in [6, 6.07) is 10.1.